The summed E-state index contributed by atoms with van der Waals surface area (Å²) in [4.78, 5) is 48.5. The SMILES string of the molecule is CC(N=C=O)/C(C(=O)O)=C(\C(=O)O)C(C)N=C=O. The summed E-state index contributed by atoms with van der Waals surface area (Å²) in [5.41, 5.74) is -1.25. The second kappa shape index (κ2) is 6.90. The van der Waals surface area contributed by atoms with Crippen molar-refractivity contribution in [3.63, 3.8) is 0 Å². The van der Waals surface area contributed by atoms with Crippen LogP contribution in [-0.2, 0) is 19.2 Å². The van der Waals surface area contributed by atoms with Crippen LogP contribution in [0.3, 0.4) is 0 Å². The van der Waals surface area contributed by atoms with Crippen LogP contribution < -0.4 is 0 Å². The van der Waals surface area contributed by atoms with E-state index < -0.39 is 35.2 Å². The van der Waals surface area contributed by atoms with E-state index in [1.54, 1.807) is 0 Å². The summed E-state index contributed by atoms with van der Waals surface area (Å²) < 4.78 is 0. The molecule has 8 nitrogen and oxygen atoms in total. The van der Waals surface area contributed by atoms with Gasteiger partial charge in [-0.05, 0) is 13.8 Å². The number of carbonyl (C=O) groups is 2. The van der Waals surface area contributed by atoms with Gasteiger partial charge < -0.3 is 10.2 Å². The number of aliphatic imine (C=N–C) groups is 2. The highest BCUT2D eigenvalue weighted by Gasteiger charge is 2.28. The molecule has 2 unspecified atom stereocenters. The molecule has 2 atom stereocenters. The van der Waals surface area contributed by atoms with E-state index in [-0.39, 0.29) is 0 Å². The number of rotatable bonds is 6. The number of nitrogens with zero attached hydrogens (tertiary/aromatic N) is 2. The van der Waals surface area contributed by atoms with Crippen LogP contribution in [0.4, 0.5) is 0 Å². The van der Waals surface area contributed by atoms with Crippen LogP contribution in [0.25, 0.3) is 0 Å². The largest absolute Gasteiger partial charge is 0.478 e. The molecule has 0 aliphatic carbocycles. The first-order valence-electron chi connectivity index (χ1n) is 4.71. The fraction of sp³-hybridized carbons (Fsp3) is 0.400. The predicted molar refractivity (Wildman–Crippen MR) is 57.5 cm³/mol. The summed E-state index contributed by atoms with van der Waals surface area (Å²) in [7, 11) is 0. The molecular weight excluding hydrogens is 244 g/mol. The highest BCUT2D eigenvalue weighted by molar-refractivity contribution is 6.00. The highest BCUT2D eigenvalue weighted by Crippen LogP contribution is 2.18. The zero-order chi connectivity index (χ0) is 14.3. The minimum atomic E-state index is -1.56. The van der Waals surface area contributed by atoms with Crippen LogP contribution in [-0.4, -0.2) is 46.4 Å². The number of hydrogen-bond donors (Lipinski definition) is 2. The van der Waals surface area contributed by atoms with Crippen molar-refractivity contribution in [3.8, 4) is 0 Å². The number of carboxylic acids is 2. The van der Waals surface area contributed by atoms with Gasteiger partial charge in [-0.2, -0.15) is 9.98 Å². The van der Waals surface area contributed by atoms with E-state index in [0.29, 0.717) is 0 Å². The van der Waals surface area contributed by atoms with Gasteiger partial charge >= 0.3 is 11.9 Å². The lowest BCUT2D eigenvalue weighted by Crippen LogP contribution is -2.24. The maximum absolute atomic E-state index is 11.0. The van der Waals surface area contributed by atoms with Crippen molar-refractivity contribution in [3.05, 3.63) is 11.1 Å². The molecule has 0 aromatic carbocycles. The van der Waals surface area contributed by atoms with Crippen molar-refractivity contribution in [2.75, 3.05) is 0 Å². The maximum atomic E-state index is 11.0. The topological polar surface area (TPSA) is 133 Å². The van der Waals surface area contributed by atoms with Crippen LogP contribution >= 0.6 is 0 Å². The van der Waals surface area contributed by atoms with Crippen LogP contribution in [0, 0.1) is 0 Å². The third kappa shape index (κ3) is 3.79. The lowest BCUT2D eigenvalue weighted by molar-refractivity contribution is -0.136. The van der Waals surface area contributed by atoms with Crippen LogP contribution in [0.1, 0.15) is 13.8 Å². The summed E-state index contributed by atoms with van der Waals surface area (Å²) in [5, 5.41) is 17.9. The van der Waals surface area contributed by atoms with Crippen molar-refractivity contribution in [1.82, 2.24) is 0 Å². The molecule has 0 radical (unpaired) electrons. The first-order valence-corrected chi connectivity index (χ1v) is 4.71. The van der Waals surface area contributed by atoms with E-state index in [2.05, 4.69) is 9.98 Å². The molecule has 96 valence electrons. The van der Waals surface area contributed by atoms with Crippen LogP contribution in [0.2, 0.25) is 0 Å². The Morgan fingerprint density at radius 2 is 1.17 bits per heavy atom. The van der Waals surface area contributed by atoms with Gasteiger partial charge in [0.1, 0.15) is 0 Å². The molecule has 0 amide bonds. The summed E-state index contributed by atoms with van der Waals surface area (Å²) >= 11 is 0. The second-order valence-electron chi connectivity index (χ2n) is 3.23. The van der Waals surface area contributed by atoms with E-state index in [1.807, 2.05) is 0 Å². The van der Waals surface area contributed by atoms with Gasteiger partial charge in [-0.3, -0.25) is 0 Å². The summed E-state index contributed by atoms with van der Waals surface area (Å²) in [6.45, 7) is 2.43. The van der Waals surface area contributed by atoms with Gasteiger partial charge in [0.25, 0.3) is 0 Å². The van der Waals surface area contributed by atoms with Gasteiger partial charge in [0.2, 0.25) is 12.2 Å². The van der Waals surface area contributed by atoms with E-state index in [0.717, 1.165) is 12.2 Å². The number of hydrogen-bond acceptors (Lipinski definition) is 6. The number of isocyanates is 2. The van der Waals surface area contributed by atoms with Crippen molar-refractivity contribution in [2.45, 2.75) is 25.9 Å². The van der Waals surface area contributed by atoms with Gasteiger partial charge in [-0.1, -0.05) is 0 Å². The van der Waals surface area contributed by atoms with Crippen LogP contribution in [0.15, 0.2) is 21.1 Å². The van der Waals surface area contributed by atoms with Gasteiger partial charge in [-0.25, -0.2) is 19.2 Å². The lowest BCUT2D eigenvalue weighted by atomic mass is 9.97. The zero-order valence-corrected chi connectivity index (χ0v) is 9.58. The monoisotopic (exact) mass is 254 g/mol. The van der Waals surface area contributed by atoms with E-state index >= 15 is 0 Å². The predicted octanol–water partition coefficient (Wildman–Crippen LogP) is -0.0992. The normalized spacial score (nSPS) is 14.3. The number of aliphatic carboxylic acids is 2. The summed E-state index contributed by atoms with van der Waals surface area (Å²) in [6, 6.07) is -2.43. The first kappa shape index (κ1) is 15.4. The standard InChI is InChI=1S/C10H10N2O6/c1-5(11-3-13)7(9(15)16)8(10(17)18)6(2)12-4-14/h5-6H,1-2H3,(H,15,16)(H,17,18)/b8-7+. The average molecular weight is 254 g/mol. The third-order valence-corrected chi connectivity index (χ3v) is 2.08. The Kier molecular flexibility index (Phi) is 5.92. The maximum Gasteiger partial charge on any atom is 0.334 e. The van der Waals surface area contributed by atoms with Crippen molar-refractivity contribution >= 4 is 24.1 Å². The molecule has 0 fully saturated rings. The van der Waals surface area contributed by atoms with Crippen molar-refractivity contribution in [1.29, 1.82) is 0 Å². The summed E-state index contributed by atoms with van der Waals surface area (Å²) in [5.74, 6) is -3.13. The van der Waals surface area contributed by atoms with Crippen LogP contribution in [0.5, 0.6) is 0 Å². The molecule has 0 aromatic rings. The zero-order valence-electron chi connectivity index (χ0n) is 9.58. The van der Waals surface area contributed by atoms with Crippen molar-refractivity contribution < 1.29 is 29.4 Å². The molecule has 0 saturated carbocycles. The average Bonchev–Trinajstić information content (AvgIpc) is 2.24. The number of carbonyl (C=O) groups excluding carboxylic acids is 2. The Labute approximate surface area is 101 Å². The Bertz CT molecular complexity index is 439. The van der Waals surface area contributed by atoms with E-state index in [4.69, 9.17) is 10.2 Å². The van der Waals surface area contributed by atoms with Crippen molar-refractivity contribution in [2.24, 2.45) is 9.98 Å². The molecule has 0 saturated heterocycles. The molecule has 8 heteroatoms. The molecule has 0 aliphatic rings. The minimum Gasteiger partial charge on any atom is -0.478 e. The van der Waals surface area contributed by atoms with Gasteiger partial charge in [0.05, 0.1) is 23.2 Å². The molecule has 0 heterocycles. The lowest BCUT2D eigenvalue weighted by Gasteiger charge is -2.13. The van der Waals surface area contributed by atoms with Gasteiger partial charge in [-0.15, -0.1) is 0 Å². The molecule has 0 aromatic heterocycles. The highest BCUT2D eigenvalue weighted by atomic mass is 16.4. The number of carboxylic acid groups (broad SMARTS) is 2. The molecule has 0 aliphatic heterocycles. The Hall–Kier alpha value is -2.56. The minimum absolute atomic E-state index is 0.627. The molecule has 0 bridgehead atoms. The molecule has 2 N–H and O–H groups in total. The third-order valence-electron chi connectivity index (χ3n) is 2.08. The Morgan fingerprint density at radius 3 is 1.33 bits per heavy atom. The van der Waals surface area contributed by atoms with E-state index in [1.165, 1.54) is 13.8 Å². The molecule has 18 heavy (non-hydrogen) atoms. The quantitative estimate of drug-likeness (QED) is 0.386. The smallest absolute Gasteiger partial charge is 0.334 e. The molecular formula is C10H10N2O6. The summed E-state index contributed by atoms with van der Waals surface area (Å²) in [6.07, 6.45) is 2.29. The molecule has 0 rings (SSSR count). The van der Waals surface area contributed by atoms with Gasteiger partial charge in [0.15, 0.2) is 0 Å². The molecule has 0 spiro atoms. The Balaban J connectivity index is 6.03. The fourth-order valence-corrected chi connectivity index (χ4v) is 1.33. The fourth-order valence-electron chi connectivity index (χ4n) is 1.33. The van der Waals surface area contributed by atoms with Gasteiger partial charge in [0, 0.05) is 0 Å². The first-order chi connectivity index (χ1) is 8.36. The Morgan fingerprint density at radius 1 is 0.889 bits per heavy atom. The second-order valence-corrected chi connectivity index (χ2v) is 3.23. The van der Waals surface area contributed by atoms with E-state index in [9.17, 15) is 19.2 Å².